The minimum atomic E-state index is -4.80. The number of rotatable bonds is 7. The first-order valence-corrected chi connectivity index (χ1v) is 13.1. The van der Waals surface area contributed by atoms with E-state index in [2.05, 4.69) is 31.9 Å². The minimum absolute atomic E-state index is 0.124. The Morgan fingerprint density at radius 2 is 1.90 bits per heavy atom. The maximum absolute atomic E-state index is 14.8. The summed E-state index contributed by atoms with van der Waals surface area (Å²) in [6.07, 6.45) is -0.851. The van der Waals surface area contributed by atoms with Crippen molar-refractivity contribution in [2.24, 2.45) is 9.98 Å². The predicted octanol–water partition coefficient (Wildman–Crippen LogP) is 5.67. The lowest BCUT2D eigenvalue weighted by Crippen LogP contribution is -2.43. The Hall–Kier alpha value is -3.05. The van der Waals surface area contributed by atoms with Crippen LogP contribution in [0.25, 0.3) is 0 Å². The van der Waals surface area contributed by atoms with Crippen LogP contribution >= 0.6 is 0 Å². The van der Waals surface area contributed by atoms with E-state index in [1.165, 1.54) is 12.1 Å². The van der Waals surface area contributed by atoms with Gasteiger partial charge in [0.05, 0.1) is 24.3 Å². The third-order valence-corrected chi connectivity index (χ3v) is 7.65. The molecule has 1 atom stereocenters. The fraction of sp³-hybridized carbons (Fsp3) is 0.536. The van der Waals surface area contributed by atoms with Gasteiger partial charge in [-0.15, -0.1) is 0 Å². The number of hydrogen-bond acceptors (Lipinski definition) is 6. The second kappa shape index (κ2) is 12.4. The molecule has 3 heterocycles. The average Bonchev–Trinajstić information content (AvgIpc) is 2.95. The van der Waals surface area contributed by atoms with Gasteiger partial charge in [0, 0.05) is 37.4 Å². The van der Waals surface area contributed by atoms with Gasteiger partial charge in [0.1, 0.15) is 11.7 Å². The number of amidine groups is 1. The maximum Gasteiger partial charge on any atom is 0.419 e. The van der Waals surface area contributed by atoms with Crippen LogP contribution in [0.4, 0.5) is 23.4 Å². The third kappa shape index (κ3) is 6.41. The number of nitrogens with zero attached hydrogens (tertiary/aromatic N) is 4. The minimum Gasteiger partial charge on any atom is -0.481 e. The van der Waals surface area contributed by atoms with Gasteiger partial charge in [-0.2, -0.15) is 18.2 Å². The van der Waals surface area contributed by atoms with Crippen LogP contribution in [0.5, 0.6) is 5.88 Å². The summed E-state index contributed by atoms with van der Waals surface area (Å²) in [7, 11) is 3.10. The molecule has 1 aromatic heterocycles. The lowest BCUT2D eigenvalue weighted by molar-refractivity contribution is -0.140. The van der Waals surface area contributed by atoms with Crippen molar-refractivity contribution in [3.63, 3.8) is 0 Å². The molecule has 7 nitrogen and oxygen atoms in total. The second-order valence-corrected chi connectivity index (χ2v) is 9.91. The van der Waals surface area contributed by atoms with Gasteiger partial charge in [0.15, 0.2) is 5.82 Å². The number of aromatic nitrogens is 1. The van der Waals surface area contributed by atoms with Crippen LogP contribution in [0.2, 0.25) is 0 Å². The number of nitrogens with one attached hydrogen (secondary N) is 1. The van der Waals surface area contributed by atoms with E-state index < -0.39 is 23.6 Å². The molecular formula is C28H35F4N5O2. The van der Waals surface area contributed by atoms with E-state index >= 15 is 0 Å². The van der Waals surface area contributed by atoms with Crippen LogP contribution in [0.1, 0.15) is 66.8 Å². The SMILES string of the molecule is C=Nc1nc(OC)c(C2CCN(C3CCOCC3)CC2)cc1C(=NC)N[C@H](C)c1cccc(C(F)(F)F)c1F. The van der Waals surface area contributed by atoms with Gasteiger partial charge in [0.25, 0.3) is 0 Å². The van der Waals surface area contributed by atoms with E-state index in [-0.39, 0.29) is 17.3 Å². The van der Waals surface area contributed by atoms with Crippen LogP contribution in [-0.4, -0.2) is 68.9 Å². The average molecular weight is 550 g/mol. The van der Waals surface area contributed by atoms with Gasteiger partial charge in [-0.25, -0.2) is 9.38 Å². The number of hydrogen-bond donors (Lipinski definition) is 1. The van der Waals surface area contributed by atoms with E-state index in [1.54, 1.807) is 21.1 Å². The topological polar surface area (TPSA) is 71.3 Å². The van der Waals surface area contributed by atoms with Crippen LogP contribution < -0.4 is 10.1 Å². The summed E-state index contributed by atoms with van der Waals surface area (Å²) in [6, 6.07) is 4.88. The zero-order valence-corrected chi connectivity index (χ0v) is 22.5. The molecule has 0 saturated carbocycles. The van der Waals surface area contributed by atoms with Crippen molar-refractivity contribution in [1.82, 2.24) is 15.2 Å². The molecule has 2 fully saturated rings. The molecule has 2 aliphatic rings. The van der Waals surface area contributed by atoms with Crippen molar-refractivity contribution in [1.29, 1.82) is 0 Å². The first kappa shape index (κ1) is 28.9. The highest BCUT2D eigenvalue weighted by atomic mass is 19.4. The first-order valence-electron chi connectivity index (χ1n) is 13.1. The second-order valence-electron chi connectivity index (χ2n) is 9.91. The summed E-state index contributed by atoms with van der Waals surface area (Å²) in [6.45, 7) is 8.71. The maximum atomic E-state index is 14.8. The van der Waals surface area contributed by atoms with Gasteiger partial charge >= 0.3 is 6.18 Å². The van der Waals surface area contributed by atoms with Crippen LogP contribution in [0, 0.1) is 5.82 Å². The lowest BCUT2D eigenvalue weighted by atomic mass is 9.87. The predicted molar refractivity (Wildman–Crippen MR) is 143 cm³/mol. The summed E-state index contributed by atoms with van der Waals surface area (Å²) in [4.78, 5) is 15.5. The van der Waals surface area contributed by atoms with Crippen LogP contribution in [0.3, 0.4) is 0 Å². The molecule has 1 aromatic carbocycles. The molecule has 2 aliphatic heterocycles. The Bertz CT molecular complexity index is 1190. The van der Waals surface area contributed by atoms with Crippen molar-refractivity contribution in [3.05, 3.63) is 52.3 Å². The summed E-state index contributed by atoms with van der Waals surface area (Å²) in [5, 5.41) is 3.07. The van der Waals surface area contributed by atoms with Crippen molar-refractivity contribution in [2.45, 2.75) is 56.8 Å². The summed E-state index contributed by atoms with van der Waals surface area (Å²) in [5.41, 5.74) is 0.000573. The van der Waals surface area contributed by atoms with Crippen LogP contribution in [0.15, 0.2) is 34.3 Å². The van der Waals surface area contributed by atoms with Gasteiger partial charge in [-0.3, -0.25) is 4.99 Å². The number of piperidine rings is 1. The Balaban J connectivity index is 1.59. The van der Waals surface area contributed by atoms with E-state index in [1.807, 2.05) is 6.07 Å². The number of likely N-dealkylation sites (tertiary alicyclic amines) is 1. The van der Waals surface area contributed by atoms with E-state index in [9.17, 15) is 17.6 Å². The number of methoxy groups -OCH3 is 1. The normalized spacial score (nSPS) is 19.1. The standard InChI is InChI=1S/C28H35F4N5O2/c1-17(20-6-5-7-23(24(20)29)28(30,31)32)35-25(33-2)22-16-21(27(38-4)36-26(22)34-3)18-8-12-37(13-9-18)19-10-14-39-15-11-19/h5-7,16-19H,3,8-15H2,1-2,4H3,(H,33,35)/t17-/m1/s1. The first-order chi connectivity index (χ1) is 18.7. The molecule has 4 rings (SSSR count). The Morgan fingerprint density at radius 3 is 2.49 bits per heavy atom. The highest BCUT2D eigenvalue weighted by molar-refractivity contribution is 6.03. The molecule has 2 aromatic rings. The molecule has 0 aliphatic carbocycles. The molecular weight excluding hydrogens is 514 g/mol. The molecule has 0 bridgehead atoms. The van der Waals surface area contributed by atoms with Gasteiger partial charge in [0.2, 0.25) is 5.88 Å². The zero-order chi connectivity index (χ0) is 28.2. The molecule has 0 spiro atoms. The van der Waals surface area contributed by atoms with Crippen molar-refractivity contribution < 1.29 is 27.0 Å². The van der Waals surface area contributed by atoms with Gasteiger partial charge in [-0.1, -0.05) is 12.1 Å². The molecule has 39 heavy (non-hydrogen) atoms. The number of alkyl halides is 3. The van der Waals surface area contributed by atoms with E-state index in [0.29, 0.717) is 23.3 Å². The Morgan fingerprint density at radius 1 is 1.21 bits per heavy atom. The fourth-order valence-electron chi connectivity index (χ4n) is 5.53. The number of benzene rings is 1. The monoisotopic (exact) mass is 549 g/mol. The summed E-state index contributed by atoms with van der Waals surface area (Å²) >= 11 is 0. The number of halogens is 4. The van der Waals surface area contributed by atoms with Gasteiger partial charge < -0.3 is 19.7 Å². The number of ether oxygens (including phenoxy) is 2. The number of pyridine rings is 1. The van der Waals surface area contributed by atoms with Crippen molar-refractivity contribution in [2.75, 3.05) is 40.5 Å². The highest BCUT2D eigenvalue weighted by Gasteiger charge is 2.36. The van der Waals surface area contributed by atoms with Crippen LogP contribution in [-0.2, 0) is 10.9 Å². The largest absolute Gasteiger partial charge is 0.481 e. The Labute approximate surface area is 226 Å². The summed E-state index contributed by atoms with van der Waals surface area (Å²) < 4.78 is 65.8. The smallest absolute Gasteiger partial charge is 0.419 e. The molecule has 0 radical (unpaired) electrons. The molecule has 0 unspecified atom stereocenters. The molecule has 212 valence electrons. The molecule has 1 N–H and O–H groups in total. The summed E-state index contributed by atoms with van der Waals surface area (Å²) in [5.74, 6) is -0.0825. The molecule has 11 heteroatoms. The molecule has 2 saturated heterocycles. The van der Waals surface area contributed by atoms with Crippen molar-refractivity contribution >= 4 is 18.4 Å². The molecule has 0 amide bonds. The number of aliphatic imine (C=N–C) groups is 2. The fourth-order valence-corrected chi connectivity index (χ4v) is 5.53. The highest BCUT2D eigenvalue weighted by Crippen LogP contribution is 2.38. The lowest BCUT2D eigenvalue weighted by Gasteiger charge is -2.39. The van der Waals surface area contributed by atoms with E-state index in [4.69, 9.17) is 9.47 Å². The van der Waals surface area contributed by atoms with Crippen molar-refractivity contribution in [3.8, 4) is 5.88 Å². The quantitative estimate of drug-likeness (QED) is 0.274. The zero-order valence-electron chi connectivity index (χ0n) is 22.5. The van der Waals surface area contributed by atoms with E-state index in [0.717, 1.165) is 63.6 Å². The Kier molecular flexibility index (Phi) is 9.22. The third-order valence-electron chi connectivity index (χ3n) is 7.65. The van der Waals surface area contributed by atoms with Gasteiger partial charge in [-0.05, 0) is 70.5 Å².